The predicted molar refractivity (Wildman–Crippen MR) is 140 cm³/mol. The Bertz CT molecular complexity index is 1150. The standard InChI is InChI=1S/C25H32N8S/c1-3-4-22(30-25-27-8-14-34-25)33-9-7-18-5-6-19(15-20(18)17-33)21-16-23(29-24(26)28-21)32-12-10-31(2)11-13-32/h4-6,8,14-16H,3,7,9-13,17H2,1-2H3,(H,27,30)(H2,26,28,29)/b22-4-. The van der Waals surface area contributed by atoms with Crippen molar-refractivity contribution in [1.82, 2.24) is 24.8 Å². The Morgan fingerprint density at radius 2 is 1.97 bits per heavy atom. The molecule has 178 valence electrons. The van der Waals surface area contributed by atoms with Gasteiger partial charge in [-0.3, -0.25) is 0 Å². The second-order valence-electron chi connectivity index (χ2n) is 8.87. The van der Waals surface area contributed by atoms with E-state index in [-0.39, 0.29) is 0 Å². The molecule has 0 aliphatic carbocycles. The average molecular weight is 477 g/mol. The zero-order valence-corrected chi connectivity index (χ0v) is 20.7. The fraction of sp³-hybridized carbons (Fsp3) is 0.400. The molecule has 3 N–H and O–H groups in total. The van der Waals surface area contributed by atoms with E-state index >= 15 is 0 Å². The van der Waals surface area contributed by atoms with E-state index in [9.17, 15) is 0 Å². The number of nitrogens with zero attached hydrogens (tertiary/aromatic N) is 6. The number of likely N-dealkylation sites (N-methyl/N-ethyl adjacent to an activating group) is 1. The van der Waals surface area contributed by atoms with E-state index in [1.54, 1.807) is 11.3 Å². The van der Waals surface area contributed by atoms with Crippen molar-refractivity contribution in [2.75, 3.05) is 55.7 Å². The summed E-state index contributed by atoms with van der Waals surface area (Å²) in [6.07, 6.45) is 6.04. The number of hydrogen-bond donors (Lipinski definition) is 2. The van der Waals surface area contributed by atoms with Crippen LogP contribution in [0.2, 0.25) is 0 Å². The van der Waals surface area contributed by atoms with Crippen LogP contribution in [0, 0.1) is 0 Å². The Morgan fingerprint density at radius 3 is 2.74 bits per heavy atom. The predicted octanol–water partition coefficient (Wildman–Crippen LogP) is 3.66. The lowest BCUT2D eigenvalue weighted by molar-refractivity contribution is 0.312. The summed E-state index contributed by atoms with van der Waals surface area (Å²) in [5.74, 6) is 2.36. The maximum Gasteiger partial charge on any atom is 0.222 e. The highest BCUT2D eigenvalue weighted by molar-refractivity contribution is 7.13. The van der Waals surface area contributed by atoms with Crippen molar-refractivity contribution in [3.63, 3.8) is 0 Å². The minimum atomic E-state index is 0.326. The first-order valence-corrected chi connectivity index (χ1v) is 12.8. The molecule has 1 aromatic carbocycles. The molecule has 3 aromatic rings. The van der Waals surface area contributed by atoms with Gasteiger partial charge in [0, 0.05) is 62.5 Å². The summed E-state index contributed by atoms with van der Waals surface area (Å²) in [5.41, 5.74) is 10.8. The van der Waals surface area contributed by atoms with Gasteiger partial charge < -0.3 is 25.8 Å². The van der Waals surface area contributed by atoms with Crippen LogP contribution in [0.4, 0.5) is 16.9 Å². The molecule has 0 radical (unpaired) electrons. The largest absolute Gasteiger partial charge is 0.368 e. The van der Waals surface area contributed by atoms with Crippen LogP contribution in [0.15, 0.2) is 47.7 Å². The van der Waals surface area contributed by atoms with Crippen LogP contribution in [-0.2, 0) is 13.0 Å². The summed E-state index contributed by atoms with van der Waals surface area (Å²) in [6, 6.07) is 8.76. The lowest BCUT2D eigenvalue weighted by Crippen LogP contribution is -2.44. The summed E-state index contributed by atoms with van der Waals surface area (Å²) in [4.78, 5) is 20.5. The van der Waals surface area contributed by atoms with Crippen LogP contribution in [0.3, 0.4) is 0 Å². The number of anilines is 3. The summed E-state index contributed by atoms with van der Waals surface area (Å²) < 4.78 is 0. The fourth-order valence-corrected chi connectivity index (χ4v) is 5.10. The number of allylic oxidation sites excluding steroid dienone is 1. The van der Waals surface area contributed by atoms with Crippen molar-refractivity contribution >= 4 is 28.2 Å². The van der Waals surface area contributed by atoms with Gasteiger partial charge in [-0.05, 0) is 43.2 Å². The monoisotopic (exact) mass is 476 g/mol. The molecule has 1 saturated heterocycles. The van der Waals surface area contributed by atoms with Crippen molar-refractivity contribution < 1.29 is 0 Å². The van der Waals surface area contributed by atoms with Crippen LogP contribution in [-0.4, -0.2) is 64.5 Å². The smallest absolute Gasteiger partial charge is 0.222 e. The Kier molecular flexibility index (Phi) is 6.64. The lowest BCUT2D eigenvalue weighted by Gasteiger charge is -2.33. The minimum Gasteiger partial charge on any atom is -0.368 e. The highest BCUT2D eigenvalue weighted by Crippen LogP contribution is 2.29. The number of hydrogen-bond acceptors (Lipinski definition) is 9. The number of benzene rings is 1. The molecule has 0 unspecified atom stereocenters. The molecule has 34 heavy (non-hydrogen) atoms. The number of aromatic nitrogens is 3. The van der Waals surface area contributed by atoms with Gasteiger partial charge in [0.1, 0.15) is 11.6 Å². The maximum absolute atomic E-state index is 6.14. The zero-order chi connectivity index (χ0) is 23.5. The van der Waals surface area contributed by atoms with Crippen molar-refractivity contribution in [2.45, 2.75) is 26.3 Å². The highest BCUT2D eigenvalue weighted by Gasteiger charge is 2.21. The quantitative estimate of drug-likeness (QED) is 0.558. The Morgan fingerprint density at radius 1 is 1.12 bits per heavy atom. The summed E-state index contributed by atoms with van der Waals surface area (Å²) >= 11 is 1.62. The van der Waals surface area contributed by atoms with Crippen molar-refractivity contribution in [1.29, 1.82) is 0 Å². The van der Waals surface area contributed by atoms with Crippen LogP contribution in [0.5, 0.6) is 0 Å². The van der Waals surface area contributed by atoms with Crippen molar-refractivity contribution in [3.8, 4) is 11.3 Å². The van der Waals surface area contributed by atoms with Gasteiger partial charge in [0.15, 0.2) is 5.13 Å². The molecule has 9 heteroatoms. The van der Waals surface area contributed by atoms with Crippen LogP contribution in [0.25, 0.3) is 11.3 Å². The van der Waals surface area contributed by atoms with E-state index in [4.69, 9.17) is 5.73 Å². The number of nitrogen functional groups attached to an aromatic ring is 1. The average Bonchev–Trinajstić information content (AvgIpc) is 3.36. The molecule has 8 nitrogen and oxygen atoms in total. The molecule has 0 bridgehead atoms. The van der Waals surface area contributed by atoms with E-state index in [1.165, 1.54) is 11.1 Å². The molecule has 4 heterocycles. The highest BCUT2D eigenvalue weighted by atomic mass is 32.1. The Hall–Kier alpha value is -3.17. The lowest BCUT2D eigenvalue weighted by atomic mass is 9.96. The number of nitrogens with one attached hydrogen (secondary N) is 1. The Labute approximate surface area is 205 Å². The molecule has 0 amide bonds. The second-order valence-corrected chi connectivity index (χ2v) is 9.77. The number of nitrogens with two attached hydrogens (primary N) is 1. The minimum absolute atomic E-state index is 0.326. The molecule has 2 aromatic heterocycles. The van der Waals surface area contributed by atoms with Gasteiger partial charge in [-0.2, -0.15) is 4.98 Å². The number of thiazole rings is 1. The molecule has 2 aliphatic rings. The molecular weight excluding hydrogens is 444 g/mol. The van der Waals surface area contributed by atoms with Crippen LogP contribution in [0.1, 0.15) is 24.5 Å². The van der Waals surface area contributed by atoms with E-state index in [1.807, 2.05) is 11.6 Å². The second kappa shape index (κ2) is 9.99. The first-order valence-electron chi connectivity index (χ1n) is 11.9. The van der Waals surface area contributed by atoms with Gasteiger partial charge in [0.05, 0.1) is 5.69 Å². The van der Waals surface area contributed by atoms with Crippen molar-refractivity contribution in [3.05, 3.63) is 58.9 Å². The normalized spacial score (nSPS) is 17.1. The maximum atomic E-state index is 6.14. The zero-order valence-electron chi connectivity index (χ0n) is 19.9. The van der Waals surface area contributed by atoms with Gasteiger partial charge in [-0.25, -0.2) is 9.97 Å². The fourth-order valence-electron chi connectivity index (χ4n) is 4.57. The Balaban J connectivity index is 1.39. The third kappa shape index (κ3) is 5.00. The van der Waals surface area contributed by atoms with Crippen LogP contribution < -0.4 is 16.0 Å². The van der Waals surface area contributed by atoms with Gasteiger partial charge in [0.2, 0.25) is 5.95 Å². The van der Waals surface area contributed by atoms with Crippen molar-refractivity contribution in [2.24, 2.45) is 0 Å². The van der Waals surface area contributed by atoms with E-state index in [0.717, 1.165) is 80.1 Å². The first-order chi connectivity index (χ1) is 16.6. The molecule has 1 fully saturated rings. The molecule has 2 aliphatic heterocycles. The topological polar surface area (TPSA) is 86.4 Å². The number of rotatable bonds is 6. The van der Waals surface area contributed by atoms with E-state index < -0.39 is 0 Å². The molecule has 0 spiro atoms. The SMILES string of the molecule is CC/C=C(/Nc1nccs1)N1CCc2ccc(-c3cc(N4CCN(C)CC4)nc(N)n3)cc2C1. The molecule has 0 saturated carbocycles. The third-order valence-corrected chi connectivity index (χ3v) is 7.17. The molecule has 0 atom stereocenters. The molecule has 5 rings (SSSR count). The van der Waals surface area contributed by atoms with Gasteiger partial charge in [-0.1, -0.05) is 19.1 Å². The van der Waals surface area contributed by atoms with Gasteiger partial charge in [-0.15, -0.1) is 11.3 Å². The summed E-state index contributed by atoms with van der Waals surface area (Å²) in [6.45, 7) is 7.93. The summed E-state index contributed by atoms with van der Waals surface area (Å²) in [7, 11) is 2.15. The summed E-state index contributed by atoms with van der Waals surface area (Å²) in [5, 5.41) is 6.43. The van der Waals surface area contributed by atoms with E-state index in [2.05, 4.69) is 79.3 Å². The number of piperazine rings is 1. The van der Waals surface area contributed by atoms with Gasteiger partial charge >= 0.3 is 0 Å². The van der Waals surface area contributed by atoms with Gasteiger partial charge in [0.25, 0.3) is 0 Å². The number of fused-ring (bicyclic) bond motifs is 1. The first kappa shape index (κ1) is 22.6. The third-order valence-electron chi connectivity index (χ3n) is 6.48. The molecular formula is C25H32N8S. The van der Waals surface area contributed by atoms with Crippen LogP contribution >= 0.6 is 11.3 Å². The van der Waals surface area contributed by atoms with E-state index in [0.29, 0.717) is 5.95 Å².